The molecule has 2 aromatic rings. The minimum Gasteiger partial charge on any atom is -0.358 e. The number of piperazine rings is 1. The van der Waals surface area contributed by atoms with Crippen LogP contribution in [0.1, 0.15) is 18.9 Å². The van der Waals surface area contributed by atoms with E-state index in [9.17, 15) is 32.5 Å². The van der Waals surface area contributed by atoms with Crippen LogP contribution in [-0.2, 0) is 11.2 Å². The Morgan fingerprint density at radius 3 is 2.68 bits per heavy atom. The first-order chi connectivity index (χ1) is 14.7. The van der Waals surface area contributed by atoms with Crippen LogP contribution in [0.15, 0.2) is 9.40 Å². The Morgan fingerprint density at radius 1 is 1.26 bits per heavy atom. The minimum absolute atomic E-state index is 0.111. The van der Waals surface area contributed by atoms with Crippen molar-refractivity contribution in [2.75, 3.05) is 19.6 Å². The maximum absolute atomic E-state index is 14.2. The van der Waals surface area contributed by atoms with Gasteiger partial charge in [-0.1, -0.05) is 0 Å². The first-order valence-corrected chi connectivity index (χ1v) is 11.3. The Hall–Kier alpha value is -2.58. The van der Waals surface area contributed by atoms with Gasteiger partial charge in [-0.2, -0.15) is 0 Å². The van der Waals surface area contributed by atoms with Gasteiger partial charge in [0.2, 0.25) is 11.9 Å². The monoisotopic (exact) mass is 553 g/mol. The van der Waals surface area contributed by atoms with Gasteiger partial charge in [0.15, 0.2) is 23.3 Å². The molecule has 0 spiro atoms. The zero-order chi connectivity index (χ0) is 22.4. The first kappa shape index (κ1) is 21.6. The van der Waals surface area contributed by atoms with Crippen molar-refractivity contribution in [3.05, 3.63) is 45.1 Å². The van der Waals surface area contributed by atoms with Gasteiger partial charge in [0.25, 0.3) is 0 Å². The molecular formula is C18H16F4IN5O3. The van der Waals surface area contributed by atoms with Gasteiger partial charge in [-0.3, -0.25) is 14.9 Å². The van der Waals surface area contributed by atoms with Gasteiger partial charge in [0, 0.05) is 57.0 Å². The topological polar surface area (TPSA) is 94.8 Å². The van der Waals surface area contributed by atoms with Gasteiger partial charge in [0.1, 0.15) is 5.84 Å². The summed E-state index contributed by atoms with van der Waals surface area (Å²) in [7, 11) is 0. The number of halogens is 5. The number of nitro groups is 1. The van der Waals surface area contributed by atoms with Crippen molar-refractivity contribution in [3.63, 3.8) is 0 Å². The number of benzene rings is 1. The summed E-state index contributed by atoms with van der Waals surface area (Å²) < 4.78 is 60.9. The Kier molecular flexibility index (Phi) is 5.70. The summed E-state index contributed by atoms with van der Waals surface area (Å²) in [6, 6.07) is -1.45. The van der Waals surface area contributed by atoms with E-state index in [1.165, 1.54) is 8.53 Å². The summed E-state index contributed by atoms with van der Waals surface area (Å²) in [6.45, 7) is 3.21. The van der Waals surface area contributed by atoms with Crippen LogP contribution in [-0.4, -0.2) is 60.8 Å². The lowest BCUT2D eigenvalue weighted by atomic mass is 10.0. The van der Waals surface area contributed by atoms with Crippen LogP contribution in [0.2, 0.25) is 0 Å². The minimum atomic E-state index is -2.00. The number of hydrogen-bond donors (Lipinski definition) is 1. The Balaban J connectivity index is 1.53. The maximum Gasteiger partial charge on any atom is 0.229 e. The predicted octanol–water partition coefficient (Wildman–Crippen LogP) is 2.89. The summed E-state index contributed by atoms with van der Waals surface area (Å²) in [5, 5.41) is 11.0. The second kappa shape index (κ2) is 8.16. The molecule has 4 rings (SSSR count). The standard InChI is InChI=1S/C18H16F4IN5O3/c1-8-23-25-11-7-26(2-3-27(8)11)12(29)5-10(28(30)31)4-9-6-24-18-13(9)14(19)15(20)16(21)17(18)22/h6,10,24H,2-5,7H2,1H3. The zero-order valence-electron chi connectivity index (χ0n) is 16.1. The van der Waals surface area contributed by atoms with Crippen molar-refractivity contribution >= 4 is 47.3 Å². The summed E-state index contributed by atoms with van der Waals surface area (Å²) in [5.41, 5.74) is -0.732. The van der Waals surface area contributed by atoms with E-state index in [0.717, 1.165) is 12.0 Å². The molecule has 0 aliphatic carbocycles. The molecule has 166 valence electrons. The molecule has 3 heterocycles. The summed E-state index contributed by atoms with van der Waals surface area (Å²) in [5.74, 6) is -6.90. The molecule has 1 aromatic carbocycles. The van der Waals surface area contributed by atoms with E-state index in [1.807, 2.05) is 6.92 Å². The molecule has 1 fully saturated rings. The third kappa shape index (κ3) is 3.78. The summed E-state index contributed by atoms with van der Waals surface area (Å²) >= 11 is -0.441. The van der Waals surface area contributed by atoms with E-state index >= 15 is 0 Å². The molecule has 1 unspecified atom stereocenters. The number of nitrogens with one attached hydrogen (secondary N) is 1. The van der Waals surface area contributed by atoms with E-state index in [4.69, 9.17) is 0 Å². The number of aromatic amines is 1. The second-order valence-corrected chi connectivity index (χ2v) is 9.74. The van der Waals surface area contributed by atoms with Crippen LogP contribution < -0.4 is 0 Å². The van der Waals surface area contributed by atoms with Gasteiger partial charge in [0.05, 0.1) is 22.1 Å². The van der Waals surface area contributed by atoms with Crippen molar-refractivity contribution in [2.24, 2.45) is 3.21 Å². The van der Waals surface area contributed by atoms with Crippen molar-refractivity contribution in [1.82, 2.24) is 14.8 Å². The number of fused-ring (bicyclic) bond motifs is 2. The number of amidine groups is 1. The molecule has 8 nitrogen and oxygen atoms in total. The number of nitrogens with zero attached hydrogens (tertiary/aromatic N) is 4. The second-order valence-electron chi connectivity index (χ2n) is 7.22. The predicted molar refractivity (Wildman–Crippen MR) is 113 cm³/mol. The number of rotatable bonds is 5. The van der Waals surface area contributed by atoms with Crippen molar-refractivity contribution in [3.8, 4) is 0 Å². The smallest absolute Gasteiger partial charge is 0.229 e. The highest BCUT2D eigenvalue weighted by Gasteiger charge is 2.34. The van der Waals surface area contributed by atoms with Crippen molar-refractivity contribution < 1.29 is 27.3 Å². The highest BCUT2D eigenvalue weighted by molar-refractivity contribution is 14.2. The Labute approximate surface area is 183 Å². The summed E-state index contributed by atoms with van der Waals surface area (Å²) in [6.07, 6.45) is 0.128. The highest BCUT2D eigenvalue weighted by atomic mass is 127. The molecule has 1 atom stereocenters. The van der Waals surface area contributed by atoms with Crippen LogP contribution in [0, 0.1) is 33.4 Å². The third-order valence-electron chi connectivity index (χ3n) is 5.37. The molecule has 2 aliphatic rings. The molecule has 1 N–H and O–H groups in total. The maximum atomic E-state index is 14.2. The highest BCUT2D eigenvalue weighted by Crippen LogP contribution is 2.30. The average molecular weight is 553 g/mol. The fraction of sp³-hybridized carbons (Fsp3) is 0.389. The van der Waals surface area contributed by atoms with E-state index in [2.05, 4.69) is 13.1 Å². The van der Waals surface area contributed by atoms with Gasteiger partial charge < -0.3 is 14.8 Å². The number of H-pyrrole nitrogens is 1. The number of carbonyl (C=O) groups excluding carboxylic acids is 1. The van der Waals surface area contributed by atoms with Crippen LogP contribution in [0.5, 0.6) is 0 Å². The van der Waals surface area contributed by atoms with Crippen LogP contribution >= 0.6 is 21.0 Å². The number of carbonyl (C=O) groups is 1. The fourth-order valence-electron chi connectivity index (χ4n) is 3.72. The van der Waals surface area contributed by atoms with E-state index < -0.39 is 84.9 Å². The largest absolute Gasteiger partial charge is 0.358 e. The number of amides is 1. The molecule has 31 heavy (non-hydrogen) atoms. The van der Waals surface area contributed by atoms with Crippen LogP contribution in [0.25, 0.3) is 10.9 Å². The van der Waals surface area contributed by atoms with Gasteiger partial charge in [-0.25, -0.2) is 20.8 Å². The third-order valence-corrected chi connectivity index (χ3v) is 7.45. The first-order valence-electron chi connectivity index (χ1n) is 9.24. The molecule has 1 saturated heterocycles. The zero-order valence-corrected chi connectivity index (χ0v) is 18.3. The van der Waals surface area contributed by atoms with E-state index in [1.54, 1.807) is 0 Å². The van der Waals surface area contributed by atoms with Gasteiger partial charge in [-0.15, -0.1) is 0 Å². The molecule has 13 heteroatoms. The number of hydrogen-bond acceptors (Lipinski definition) is 5. The molecule has 0 saturated carbocycles. The fourth-order valence-corrected chi connectivity index (χ4v) is 5.55. The van der Waals surface area contributed by atoms with Gasteiger partial charge >= 0.3 is 0 Å². The molecule has 0 bridgehead atoms. The Bertz CT molecular complexity index is 1170. The molecule has 2 aliphatic heterocycles. The van der Waals surface area contributed by atoms with Crippen molar-refractivity contribution in [1.29, 1.82) is 0 Å². The molecule has 0 radical (unpaired) electrons. The molecule has 1 amide bonds. The number of aromatic nitrogens is 1. The lowest BCUT2D eigenvalue weighted by Gasteiger charge is -2.34. The summed E-state index contributed by atoms with van der Waals surface area (Å²) in [4.78, 5) is 29.4. The normalized spacial score (nSPS) is 17.2. The molecular weight excluding hydrogens is 537 g/mol. The molecule has 1 aromatic heterocycles. The van der Waals surface area contributed by atoms with Crippen LogP contribution in [0.4, 0.5) is 17.6 Å². The quantitative estimate of drug-likeness (QED) is 0.154. The van der Waals surface area contributed by atoms with Crippen LogP contribution in [0.3, 0.4) is 0 Å². The average Bonchev–Trinajstić information content (AvgIpc) is 3.33. The lowest BCUT2D eigenvalue weighted by Crippen LogP contribution is -2.52. The van der Waals surface area contributed by atoms with Crippen molar-refractivity contribution in [2.45, 2.75) is 25.8 Å². The van der Waals surface area contributed by atoms with Gasteiger partial charge in [-0.05, 0) is 12.5 Å². The Morgan fingerprint density at radius 2 is 1.97 bits per heavy atom. The SMILES string of the molecule is CC1=IN=C2CN(C(=O)CC(Cc3c[nH]c4c(F)c(F)c(F)c(F)c34)[N+](=O)[O-])CCN21. The lowest BCUT2D eigenvalue weighted by molar-refractivity contribution is -0.521. The van der Waals surface area contributed by atoms with E-state index in [0.29, 0.717) is 13.1 Å². The van der Waals surface area contributed by atoms with E-state index in [-0.39, 0.29) is 12.1 Å².